The van der Waals surface area contributed by atoms with Crippen LogP contribution in [0.2, 0.25) is 0 Å². The molecule has 1 atom stereocenters. The number of aryl methyl sites for hydroxylation is 1. The normalized spacial score (nSPS) is 20.3. The van der Waals surface area contributed by atoms with E-state index in [1.165, 1.54) is 5.56 Å². The molecule has 1 aliphatic rings. The molecule has 1 saturated heterocycles. The topological polar surface area (TPSA) is 27.7 Å². The van der Waals surface area contributed by atoms with E-state index in [4.69, 9.17) is 14.2 Å². The van der Waals surface area contributed by atoms with Gasteiger partial charge in [0.15, 0.2) is 11.5 Å². The molecule has 0 bridgehead atoms. The zero-order valence-corrected chi connectivity index (χ0v) is 9.16. The molecule has 0 saturated carbocycles. The van der Waals surface area contributed by atoms with E-state index in [9.17, 15) is 0 Å². The maximum Gasteiger partial charge on any atom is 0.161 e. The van der Waals surface area contributed by atoms with Crippen LogP contribution in [0.25, 0.3) is 0 Å². The third-order valence-electron chi connectivity index (χ3n) is 2.50. The number of ether oxygens (including phenoxy) is 3. The Bertz CT molecular complexity index is 330. The van der Waals surface area contributed by atoms with Crippen molar-refractivity contribution in [2.24, 2.45) is 0 Å². The van der Waals surface area contributed by atoms with Crippen LogP contribution in [0, 0.1) is 6.92 Å². The summed E-state index contributed by atoms with van der Waals surface area (Å²) >= 11 is 0. The van der Waals surface area contributed by atoms with Crippen LogP contribution in [0.3, 0.4) is 0 Å². The van der Waals surface area contributed by atoms with Gasteiger partial charge in [-0.2, -0.15) is 0 Å². The first-order valence-electron chi connectivity index (χ1n) is 5.18. The SMILES string of the molecule is COc1cc(C)ccc1O[C@@H]1CCOC1. The van der Waals surface area contributed by atoms with Gasteiger partial charge in [-0.1, -0.05) is 6.07 Å². The molecule has 0 N–H and O–H groups in total. The highest BCUT2D eigenvalue weighted by Crippen LogP contribution is 2.29. The van der Waals surface area contributed by atoms with Crippen LogP contribution < -0.4 is 9.47 Å². The number of hydrogen-bond donors (Lipinski definition) is 0. The molecule has 0 unspecified atom stereocenters. The third-order valence-corrected chi connectivity index (χ3v) is 2.50. The average molecular weight is 208 g/mol. The summed E-state index contributed by atoms with van der Waals surface area (Å²) < 4.78 is 16.3. The summed E-state index contributed by atoms with van der Waals surface area (Å²) in [6, 6.07) is 5.95. The summed E-state index contributed by atoms with van der Waals surface area (Å²) in [4.78, 5) is 0. The molecule has 0 aliphatic carbocycles. The van der Waals surface area contributed by atoms with Gasteiger partial charge in [0.1, 0.15) is 6.10 Å². The van der Waals surface area contributed by atoms with Gasteiger partial charge in [0.25, 0.3) is 0 Å². The minimum Gasteiger partial charge on any atom is -0.493 e. The first kappa shape index (κ1) is 10.3. The molecule has 1 fully saturated rings. The van der Waals surface area contributed by atoms with Crippen molar-refractivity contribution in [3.8, 4) is 11.5 Å². The second kappa shape index (κ2) is 4.53. The van der Waals surface area contributed by atoms with Crippen molar-refractivity contribution in [1.29, 1.82) is 0 Å². The number of rotatable bonds is 3. The van der Waals surface area contributed by atoms with Gasteiger partial charge in [0, 0.05) is 6.42 Å². The lowest BCUT2D eigenvalue weighted by Gasteiger charge is -2.15. The maximum atomic E-state index is 5.80. The van der Waals surface area contributed by atoms with Gasteiger partial charge >= 0.3 is 0 Å². The van der Waals surface area contributed by atoms with Gasteiger partial charge < -0.3 is 14.2 Å². The Labute approximate surface area is 90.0 Å². The second-order valence-electron chi connectivity index (χ2n) is 3.76. The smallest absolute Gasteiger partial charge is 0.161 e. The molecule has 1 aromatic rings. The maximum absolute atomic E-state index is 5.80. The van der Waals surface area contributed by atoms with Crippen LogP contribution in [-0.4, -0.2) is 26.4 Å². The molecule has 2 rings (SSSR count). The van der Waals surface area contributed by atoms with Crippen LogP contribution in [0.1, 0.15) is 12.0 Å². The Balaban J connectivity index is 2.12. The van der Waals surface area contributed by atoms with E-state index in [1.807, 2.05) is 25.1 Å². The standard InChI is InChI=1S/C12H16O3/c1-9-3-4-11(12(7-9)13-2)15-10-5-6-14-8-10/h3-4,7,10H,5-6,8H2,1-2H3/t10-/m1/s1. The lowest BCUT2D eigenvalue weighted by atomic mass is 10.2. The quantitative estimate of drug-likeness (QED) is 0.762. The minimum absolute atomic E-state index is 0.168. The molecule has 82 valence electrons. The summed E-state index contributed by atoms with van der Waals surface area (Å²) in [5.41, 5.74) is 1.17. The molecule has 1 aromatic carbocycles. The van der Waals surface area contributed by atoms with E-state index in [-0.39, 0.29) is 6.10 Å². The Morgan fingerprint density at radius 3 is 2.87 bits per heavy atom. The number of methoxy groups -OCH3 is 1. The molecule has 0 amide bonds. The zero-order chi connectivity index (χ0) is 10.7. The van der Waals surface area contributed by atoms with Gasteiger partial charge in [-0.15, -0.1) is 0 Å². The fraction of sp³-hybridized carbons (Fsp3) is 0.500. The van der Waals surface area contributed by atoms with Crippen molar-refractivity contribution in [3.05, 3.63) is 23.8 Å². The van der Waals surface area contributed by atoms with E-state index < -0.39 is 0 Å². The third kappa shape index (κ3) is 2.42. The minimum atomic E-state index is 0.168. The molecule has 3 heteroatoms. The molecule has 15 heavy (non-hydrogen) atoms. The predicted molar refractivity (Wildman–Crippen MR) is 57.6 cm³/mol. The highest BCUT2D eigenvalue weighted by Gasteiger charge is 2.18. The van der Waals surface area contributed by atoms with Gasteiger partial charge in [0.2, 0.25) is 0 Å². The molecular formula is C12H16O3. The van der Waals surface area contributed by atoms with Gasteiger partial charge in [0.05, 0.1) is 20.3 Å². The first-order chi connectivity index (χ1) is 7.29. The highest BCUT2D eigenvalue weighted by atomic mass is 16.6. The van der Waals surface area contributed by atoms with Crippen molar-refractivity contribution in [2.45, 2.75) is 19.4 Å². The monoisotopic (exact) mass is 208 g/mol. The summed E-state index contributed by atoms with van der Waals surface area (Å²) in [5, 5.41) is 0. The van der Waals surface area contributed by atoms with Gasteiger partial charge in [-0.05, 0) is 24.6 Å². The molecular weight excluding hydrogens is 192 g/mol. The van der Waals surface area contributed by atoms with Crippen LogP contribution in [0.5, 0.6) is 11.5 Å². The Morgan fingerprint density at radius 1 is 1.33 bits per heavy atom. The molecule has 0 aromatic heterocycles. The van der Waals surface area contributed by atoms with Crippen LogP contribution in [-0.2, 0) is 4.74 Å². The average Bonchev–Trinajstić information content (AvgIpc) is 2.73. The van der Waals surface area contributed by atoms with E-state index in [0.29, 0.717) is 6.61 Å². The molecule has 1 aliphatic heterocycles. The highest BCUT2D eigenvalue weighted by molar-refractivity contribution is 5.42. The lowest BCUT2D eigenvalue weighted by Crippen LogP contribution is -2.16. The molecule has 0 radical (unpaired) electrons. The first-order valence-corrected chi connectivity index (χ1v) is 5.18. The number of benzene rings is 1. The Hall–Kier alpha value is -1.22. The van der Waals surface area contributed by atoms with Crippen molar-refractivity contribution in [3.63, 3.8) is 0 Å². The van der Waals surface area contributed by atoms with Crippen molar-refractivity contribution < 1.29 is 14.2 Å². The summed E-state index contributed by atoms with van der Waals surface area (Å²) in [6.45, 7) is 3.50. The largest absolute Gasteiger partial charge is 0.493 e. The van der Waals surface area contributed by atoms with Crippen molar-refractivity contribution >= 4 is 0 Å². The van der Waals surface area contributed by atoms with E-state index in [2.05, 4.69) is 0 Å². The van der Waals surface area contributed by atoms with Gasteiger partial charge in [-0.25, -0.2) is 0 Å². The van der Waals surface area contributed by atoms with Crippen LogP contribution in [0.4, 0.5) is 0 Å². The Kier molecular flexibility index (Phi) is 3.11. The van der Waals surface area contributed by atoms with Crippen LogP contribution in [0.15, 0.2) is 18.2 Å². The summed E-state index contributed by atoms with van der Waals surface area (Å²) in [6.07, 6.45) is 1.12. The van der Waals surface area contributed by atoms with Gasteiger partial charge in [-0.3, -0.25) is 0 Å². The van der Waals surface area contributed by atoms with Crippen molar-refractivity contribution in [1.82, 2.24) is 0 Å². The molecule has 1 heterocycles. The fourth-order valence-electron chi connectivity index (χ4n) is 1.66. The summed E-state index contributed by atoms with van der Waals surface area (Å²) in [7, 11) is 1.66. The fourth-order valence-corrected chi connectivity index (χ4v) is 1.66. The zero-order valence-electron chi connectivity index (χ0n) is 9.16. The Morgan fingerprint density at radius 2 is 2.20 bits per heavy atom. The van der Waals surface area contributed by atoms with E-state index in [0.717, 1.165) is 24.5 Å². The molecule has 0 spiro atoms. The molecule has 3 nitrogen and oxygen atoms in total. The van der Waals surface area contributed by atoms with E-state index in [1.54, 1.807) is 7.11 Å². The summed E-state index contributed by atoms with van der Waals surface area (Å²) in [5.74, 6) is 1.60. The predicted octanol–water partition coefficient (Wildman–Crippen LogP) is 2.17. The van der Waals surface area contributed by atoms with Crippen molar-refractivity contribution in [2.75, 3.05) is 20.3 Å². The number of hydrogen-bond acceptors (Lipinski definition) is 3. The second-order valence-corrected chi connectivity index (χ2v) is 3.76. The van der Waals surface area contributed by atoms with Crippen LogP contribution >= 0.6 is 0 Å². The van der Waals surface area contributed by atoms with E-state index >= 15 is 0 Å². The lowest BCUT2D eigenvalue weighted by molar-refractivity contribution is 0.138.